The average Bonchev–Trinajstić information content (AvgIpc) is 2.99. The van der Waals surface area contributed by atoms with Crippen LogP contribution in [-0.4, -0.2) is 64.5 Å². The van der Waals surface area contributed by atoms with Gasteiger partial charge in [-0.25, -0.2) is 4.98 Å². The Balaban J connectivity index is 1.49. The predicted molar refractivity (Wildman–Crippen MR) is 84.2 cm³/mol. The minimum atomic E-state index is 0.612. The molecule has 118 valence electrons. The summed E-state index contributed by atoms with van der Waals surface area (Å²) in [5.41, 5.74) is 1.21. The molecular formula is C15H22N6O. The molecule has 2 aromatic heterocycles. The van der Waals surface area contributed by atoms with Crippen molar-refractivity contribution in [2.75, 3.05) is 44.7 Å². The number of methoxy groups -OCH3 is 1. The van der Waals surface area contributed by atoms with Crippen molar-refractivity contribution in [3.63, 3.8) is 0 Å². The Morgan fingerprint density at radius 1 is 1.18 bits per heavy atom. The number of anilines is 1. The minimum Gasteiger partial charge on any atom is -0.481 e. The molecule has 0 amide bonds. The van der Waals surface area contributed by atoms with Crippen LogP contribution in [-0.2, 0) is 6.54 Å². The summed E-state index contributed by atoms with van der Waals surface area (Å²) < 4.78 is 7.17. The molecule has 0 saturated carbocycles. The zero-order valence-corrected chi connectivity index (χ0v) is 13.1. The number of ether oxygens (including phenoxy) is 1. The predicted octanol–water partition coefficient (Wildman–Crippen LogP) is 0.812. The quantitative estimate of drug-likeness (QED) is 0.815. The van der Waals surface area contributed by atoms with Crippen LogP contribution in [0.3, 0.4) is 0 Å². The maximum absolute atomic E-state index is 5.16. The molecule has 0 radical (unpaired) electrons. The van der Waals surface area contributed by atoms with Crippen LogP contribution < -0.4 is 9.64 Å². The van der Waals surface area contributed by atoms with Crippen LogP contribution in [0.1, 0.15) is 5.56 Å². The second kappa shape index (κ2) is 6.74. The lowest BCUT2D eigenvalue weighted by atomic mass is 10.3. The van der Waals surface area contributed by atoms with E-state index in [-0.39, 0.29) is 0 Å². The average molecular weight is 302 g/mol. The number of hydrogen-bond acceptors (Lipinski definition) is 6. The van der Waals surface area contributed by atoms with Gasteiger partial charge >= 0.3 is 0 Å². The first kappa shape index (κ1) is 14.8. The SMILES string of the molecule is COc1ccnc(N2CCN(CCn3cc(C)cn3)CC2)n1. The first-order valence-electron chi connectivity index (χ1n) is 7.58. The molecule has 0 N–H and O–H groups in total. The molecule has 0 atom stereocenters. The van der Waals surface area contributed by atoms with E-state index in [4.69, 9.17) is 4.74 Å². The van der Waals surface area contributed by atoms with Gasteiger partial charge in [0, 0.05) is 51.2 Å². The van der Waals surface area contributed by atoms with Gasteiger partial charge < -0.3 is 9.64 Å². The highest BCUT2D eigenvalue weighted by Crippen LogP contribution is 2.14. The Labute approximate surface area is 130 Å². The van der Waals surface area contributed by atoms with Crippen molar-refractivity contribution in [2.45, 2.75) is 13.5 Å². The van der Waals surface area contributed by atoms with Gasteiger partial charge in [0.2, 0.25) is 11.8 Å². The molecule has 1 saturated heterocycles. The standard InChI is InChI=1S/C15H22N6O/c1-13-11-17-21(12-13)10-7-19-5-8-20(9-6-19)15-16-4-3-14(18-15)22-2/h3-4,11-12H,5-10H2,1-2H3. The summed E-state index contributed by atoms with van der Waals surface area (Å²) in [6, 6.07) is 1.77. The fourth-order valence-corrected chi connectivity index (χ4v) is 2.60. The molecule has 1 aliphatic rings. The maximum atomic E-state index is 5.16. The molecule has 1 fully saturated rings. The summed E-state index contributed by atoms with van der Waals surface area (Å²) in [6.45, 7) is 7.92. The number of piperazine rings is 1. The molecule has 7 nitrogen and oxygen atoms in total. The molecule has 0 aromatic carbocycles. The van der Waals surface area contributed by atoms with Crippen LogP contribution in [0.2, 0.25) is 0 Å². The van der Waals surface area contributed by atoms with Crippen molar-refractivity contribution in [2.24, 2.45) is 0 Å². The van der Waals surface area contributed by atoms with E-state index in [1.807, 2.05) is 10.9 Å². The Morgan fingerprint density at radius 2 is 2.00 bits per heavy atom. The van der Waals surface area contributed by atoms with E-state index in [1.54, 1.807) is 19.4 Å². The highest BCUT2D eigenvalue weighted by molar-refractivity contribution is 5.32. The van der Waals surface area contributed by atoms with E-state index in [0.717, 1.165) is 45.2 Å². The lowest BCUT2D eigenvalue weighted by molar-refractivity contribution is 0.243. The van der Waals surface area contributed by atoms with Gasteiger partial charge in [0.15, 0.2) is 0 Å². The summed E-state index contributed by atoms with van der Waals surface area (Å²) in [5.74, 6) is 1.36. The monoisotopic (exact) mass is 302 g/mol. The Hall–Kier alpha value is -2.15. The minimum absolute atomic E-state index is 0.612. The molecule has 22 heavy (non-hydrogen) atoms. The van der Waals surface area contributed by atoms with Crippen LogP contribution >= 0.6 is 0 Å². The molecule has 7 heteroatoms. The first-order valence-corrected chi connectivity index (χ1v) is 7.58. The zero-order valence-electron chi connectivity index (χ0n) is 13.1. The number of nitrogens with zero attached hydrogens (tertiary/aromatic N) is 6. The highest BCUT2D eigenvalue weighted by Gasteiger charge is 2.19. The second-order valence-electron chi connectivity index (χ2n) is 5.51. The fraction of sp³-hybridized carbons (Fsp3) is 0.533. The van der Waals surface area contributed by atoms with Gasteiger partial charge in [-0.3, -0.25) is 9.58 Å². The number of rotatable bonds is 5. The van der Waals surface area contributed by atoms with Gasteiger partial charge in [0.25, 0.3) is 0 Å². The third-order valence-corrected chi connectivity index (χ3v) is 3.89. The van der Waals surface area contributed by atoms with E-state index in [0.29, 0.717) is 5.88 Å². The normalized spacial score (nSPS) is 16.0. The molecule has 3 rings (SSSR count). The Kier molecular flexibility index (Phi) is 4.53. The first-order chi connectivity index (χ1) is 10.7. The van der Waals surface area contributed by atoms with Crippen molar-refractivity contribution in [3.05, 3.63) is 30.2 Å². The van der Waals surface area contributed by atoms with E-state index in [9.17, 15) is 0 Å². The van der Waals surface area contributed by atoms with Gasteiger partial charge in [-0.2, -0.15) is 10.1 Å². The largest absolute Gasteiger partial charge is 0.481 e. The summed E-state index contributed by atoms with van der Waals surface area (Å²) in [7, 11) is 1.63. The third kappa shape index (κ3) is 3.54. The number of hydrogen-bond donors (Lipinski definition) is 0. The van der Waals surface area contributed by atoms with Gasteiger partial charge in [0.1, 0.15) is 0 Å². The van der Waals surface area contributed by atoms with Crippen molar-refractivity contribution >= 4 is 5.95 Å². The van der Waals surface area contributed by atoms with E-state index in [2.05, 4.69) is 38.0 Å². The smallest absolute Gasteiger partial charge is 0.228 e. The van der Waals surface area contributed by atoms with E-state index < -0.39 is 0 Å². The van der Waals surface area contributed by atoms with Gasteiger partial charge in [0.05, 0.1) is 19.9 Å². The summed E-state index contributed by atoms with van der Waals surface area (Å²) in [6.07, 6.45) is 5.73. The van der Waals surface area contributed by atoms with Crippen LogP contribution in [0, 0.1) is 6.92 Å². The molecule has 0 bridgehead atoms. The van der Waals surface area contributed by atoms with Crippen molar-refractivity contribution in [3.8, 4) is 5.88 Å². The van der Waals surface area contributed by atoms with E-state index >= 15 is 0 Å². The van der Waals surface area contributed by atoms with Crippen LogP contribution in [0.25, 0.3) is 0 Å². The highest BCUT2D eigenvalue weighted by atomic mass is 16.5. The zero-order chi connectivity index (χ0) is 15.4. The van der Waals surface area contributed by atoms with Crippen LogP contribution in [0.15, 0.2) is 24.7 Å². The number of aromatic nitrogens is 4. The molecule has 3 heterocycles. The van der Waals surface area contributed by atoms with Gasteiger partial charge in [-0.05, 0) is 12.5 Å². The Bertz CT molecular complexity index is 606. The van der Waals surface area contributed by atoms with Crippen molar-refractivity contribution in [1.82, 2.24) is 24.6 Å². The lowest BCUT2D eigenvalue weighted by Gasteiger charge is -2.34. The fourth-order valence-electron chi connectivity index (χ4n) is 2.60. The molecule has 2 aromatic rings. The van der Waals surface area contributed by atoms with Crippen LogP contribution in [0.4, 0.5) is 5.95 Å². The molecule has 0 unspecified atom stereocenters. The summed E-state index contributed by atoms with van der Waals surface area (Å²) >= 11 is 0. The van der Waals surface area contributed by atoms with Crippen molar-refractivity contribution in [1.29, 1.82) is 0 Å². The lowest BCUT2D eigenvalue weighted by Crippen LogP contribution is -2.47. The summed E-state index contributed by atoms with van der Waals surface area (Å²) in [5, 5.41) is 4.33. The Morgan fingerprint density at radius 3 is 2.68 bits per heavy atom. The molecule has 0 spiro atoms. The van der Waals surface area contributed by atoms with Gasteiger partial charge in [-0.1, -0.05) is 0 Å². The molecule has 0 aliphatic carbocycles. The third-order valence-electron chi connectivity index (χ3n) is 3.89. The van der Waals surface area contributed by atoms with Crippen molar-refractivity contribution < 1.29 is 4.74 Å². The maximum Gasteiger partial charge on any atom is 0.228 e. The number of aryl methyl sites for hydroxylation is 1. The van der Waals surface area contributed by atoms with Gasteiger partial charge in [-0.15, -0.1) is 0 Å². The summed E-state index contributed by atoms with van der Waals surface area (Å²) in [4.78, 5) is 13.4. The second-order valence-corrected chi connectivity index (χ2v) is 5.51. The molecular weight excluding hydrogens is 280 g/mol. The topological polar surface area (TPSA) is 59.3 Å². The van der Waals surface area contributed by atoms with Crippen LogP contribution in [0.5, 0.6) is 5.88 Å². The molecule has 1 aliphatic heterocycles. The van der Waals surface area contributed by atoms with E-state index in [1.165, 1.54) is 5.56 Å².